The number of benzene rings is 1. The van der Waals surface area contributed by atoms with Crippen LogP contribution in [0.4, 0.5) is 5.82 Å². The van der Waals surface area contributed by atoms with Gasteiger partial charge in [-0.05, 0) is 38.4 Å². The predicted octanol–water partition coefficient (Wildman–Crippen LogP) is 2.40. The highest BCUT2D eigenvalue weighted by Gasteiger charge is 2.21. The molecule has 6 heteroatoms. The molecule has 1 saturated heterocycles. The summed E-state index contributed by atoms with van der Waals surface area (Å²) in [7, 11) is 1.63. The number of nitrogens with one attached hydrogen (secondary N) is 2. The van der Waals surface area contributed by atoms with Gasteiger partial charge in [0, 0.05) is 18.2 Å². The fourth-order valence-corrected chi connectivity index (χ4v) is 2.93. The molecule has 1 aromatic carbocycles. The Morgan fingerprint density at radius 2 is 2.17 bits per heavy atom. The number of piperidine rings is 1. The summed E-state index contributed by atoms with van der Waals surface area (Å²) in [5.41, 5.74) is 1.61. The van der Waals surface area contributed by atoms with E-state index in [1.54, 1.807) is 13.2 Å². The molecular weight excluding hydrogens is 304 g/mol. The fourth-order valence-electron chi connectivity index (χ4n) is 2.93. The second-order valence-electron chi connectivity index (χ2n) is 5.92. The van der Waals surface area contributed by atoms with E-state index in [-0.39, 0.29) is 11.8 Å². The van der Waals surface area contributed by atoms with Gasteiger partial charge >= 0.3 is 0 Å². The number of aryl methyl sites for hydroxylation is 1. The Morgan fingerprint density at radius 1 is 1.33 bits per heavy atom. The van der Waals surface area contributed by atoms with Gasteiger partial charge in [0.2, 0.25) is 5.91 Å². The second kappa shape index (κ2) is 7.40. The van der Waals surface area contributed by atoms with Crippen LogP contribution < -0.4 is 15.4 Å². The summed E-state index contributed by atoms with van der Waals surface area (Å²) < 4.78 is 5.40. The first-order valence-corrected chi connectivity index (χ1v) is 8.18. The normalized spacial score (nSPS) is 17.3. The van der Waals surface area contributed by atoms with Crippen LogP contribution >= 0.6 is 0 Å². The fraction of sp³-hybridized carbons (Fsp3) is 0.389. The highest BCUT2D eigenvalue weighted by Crippen LogP contribution is 2.29. The molecule has 1 aliphatic rings. The quantitative estimate of drug-likeness (QED) is 0.902. The van der Waals surface area contributed by atoms with Gasteiger partial charge in [0.15, 0.2) is 0 Å². The molecule has 1 atom stereocenters. The number of ether oxygens (including phenoxy) is 1. The van der Waals surface area contributed by atoms with Crippen molar-refractivity contribution < 1.29 is 9.53 Å². The zero-order valence-electron chi connectivity index (χ0n) is 14.0. The molecule has 2 heterocycles. The van der Waals surface area contributed by atoms with E-state index in [1.165, 1.54) is 0 Å². The molecule has 0 saturated carbocycles. The molecule has 2 N–H and O–H groups in total. The van der Waals surface area contributed by atoms with Crippen molar-refractivity contribution in [1.82, 2.24) is 15.3 Å². The van der Waals surface area contributed by atoms with E-state index in [9.17, 15) is 4.79 Å². The Bertz CT molecular complexity index is 727. The van der Waals surface area contributed by atoms with Crippen molar-refractivity contribution in [2.24, 2.45) is 5.92 Å². The van der Waals surface area contributed by atoms with Crippen LogP contribution in [-0.4, -0.2) is 36.1 Å². The molecule has 0 aliphatic carbocycles. The van der Waals surface area contributed by atoms with Crippen LogP contribution in [0.2, 0.25) is 0 Å². The standard InChI is InChI=1S/C18H22N4O2/c1-12-20-15(14-7-3-4-8-16(14)24-2)10-17(21-12)22-18(23)13-6-5-9-19-11-13/h3-4,7-8,10,13,19H,5-6,9,11H2,1-2H3,(H,20,21,22,23). The van der Waals surface area contributed by atoms with Gasteiger partial charge in [0.1, 0.15) is 17.4 Å². The number of hydrogen-bond donors (Lipinski definition) is 2. The van der Waals surface area contributed by atoms with Gasteiger partial charge in [0.05, 0.1) is 18.7 Å². The highest BCUT2D eigenvalue weighted by atomic mass is 16.5. The average Bonchev–Trinajstić information content (AvgIpc) is 2.62. The molecule has 3 rings (SSSR count). The summed E-state index contributed by atoms with van der Waals surface area (Å²) in [5.74, 6) is 1.87. The van der Waals surface area contributed by atoms with Crippen molar-refractivity contribution >= 4 is 11.7 Å². The molecule has 0 bridgehead atoms. The number of para-hydroxylation sites is 1. The average molecular weight is 326 g/mol. The number of carbonyl (C=O) groups is 1. The van der Waals surface area contributed by atoms with E-state index in [0.717, 1.165) is 42.9 Å². The Kier molecular flexibility index (Phi) is 5.05. The Balaban J connectivity index is 1.85. The third-order valence-electron chi connectivity index (χ3n) is 4.14. The second-order valence-corrected chi connectivity index (χ2v) is 5.92. The number of amides is 1. The maximum Gasteiger partial charge on any atom is 0.229 e. The lowest BCUT2D eigenvalue weighted by Gasteiger charge is -2.21. The first-order chi connectivity index (χ1) is 11.7. The van der Waals surface area contributed by atoms with Gasteiger partial charge in [-0.2, -0.15) is 0 Å². The highest BCUT2D eigenvalue weighted by molar-refractivity contribution is 5.92. The number of aromatic nitrogens is 2. The monoisotopic (exact) mass is 326 g/mol. The van der Waals surface area contributed by atoms with E-state index in [4.69, 9.17) is 4.74 Å². The lowest BCUT2D eigenvalue weighted by molar-refractivity contribution is -0.120. The molecule has 24 heavy (non-hydrogen) atoms. The Hall–Kier alpha value is -2.47. The number of methoxy groups -OCH3 is 1. The number of rotatable bonds is 4. The third-order valence-corrected chi connectivity index (χ3v) is 4.14. The van der Waals surface area contributed by atoms with Gasteiger partial charge in [-0.1, -0.05) is 12.1 Å². The van der Waals surface area contributed by atoms with Gasteiger partial charge < -0.3 is 15.4 Å². The van der Waals surface area contributed by atoms with Crippen LogP contribution in [0.25, 0.3) is 11.3 Å². The molecule has 1 fully saturated rings. The minimum atomic E-state index is -0.0104. The number of hydrogen-bond acceptors (Lipinski definition) is 5. The van der Waals surface area contributed by atoms with Gasteiger partial charge in [-0.25, -0.2) is 9.97 Å². The van der Waals surface area contributed by atoms with Gasteiger partial charge in [-0.15, -0.1) is 0 Å². The third kappa shape index (κ3) is 3.71. The van der Waals surface area contributed by atoms with E-state index in [2.05, 4.69) is 20.6 Å². The summed E-state index contributed by atoms with van der Waals surface area (Å²) in [5, 5.41) is 6.18. The number of anilines is 1. The summed E-state index contributed by atoms with van der Waals surface area (Å²) in [4.78, 5) is 21.2. The smallest absolute Gasteiger partial charge is 0.229 e. The summed E-state index contributed by atoms with van der Waals surface area (Å²) >= 11 is 0. The molecule has 0 spiro atoms. The summed E-state index contributed by atoms with van der Waals surface area (Å²) in [6.45, 7) is 3.51. The van der Waals surface area contributed by atoms with Crippen LogP contribution in [0.3, 0.4) is 0 Å². The summed E-state index contributed by atoms with van der Waals surface area (Å²) in [6.07, 6.45) is 1.93. The van der Waals surface area contributed by atoms with Gasteiger partial charge in [-0.3, -0.25) is 4.79 Å². The molecule has 1 aromatic heterocycles. The predicted molar refractivity (Wildman–Crippen MR) is 93.0 cm³/mol. The van der Waals surface area contributed by atoms with Crippen LogP contribution in [0, 0.1) is 12.8 Å². The van der Waals surface area contributed by atoms with Crippen molar-refractivity contribution in [1.29, 1.82) is 0 Å². The summed E-state index contributed by atoms with van der Waals surface area (Å²) in [6, 6.07) is 9.46. The van der Waals surface area contributed by atoms with Gasteiger partial charge in [0.25, 0.3) is 0 Å². The molecule has 1 unspecified atom stereocenters. The maximum absolute atomic E-state index is 12.4. The van der Waals surface area contributed by atoms with Crippen LogP contribution in [0.5, 0.6) is 5.75 Å². The minimum absolute atomic E-state index is 0.00581. The topological polar surface area (TPSA) is 76.1 Å². The van der Waals surface area contributed by atoms with Crippen LogP contribution in [0.1, 0.15) is 18.7 Å². The first kappa shape index (κ1) is 16.4. The molecule has 2 aromatic rings. The van der Waals surface area contributed by atoms with Crippen LogP contribution in [0.15, 0.2) is 30.3 Å². The molecule has 126 valence electrons. The Morgan fingerprint density at radius 3 is 2.92 bits per heavy atom. The van der Waals surface area contributed by atoms with Crippen molar-refractivity contribution in [3.63, 3.8) is 0 Å². The first-order valence-electron chi connectivity index (χ1n) is 8.18. The SMILES string of the molecule is COc1ccccc1-c1cc(NC(=O)C2CCCNC2)nc(C)n1. The minimum Gasteiger partial charge on any atom is -0.496 e. The molecule has 6 nitrogen and oxygen atoms in total. The van der Waals surface area contributed by atoms with Crippen molar-refractivity contribution in [3.05, 3.63) is 36.2 Å². The largest absolute Gasteiger partial charge is 0.496 e. The van der Waals surface area contributed by atoms with E-state index in [1.807, 2.05) is 31.2 Å². The zero-order valence-corrected chi connectivity index (χ0v) is 14.0. The van der Waals surface area contributed by atoms with E-state index >= 15 is 0 Å². The molecule has 0 radical (unpaired) electrons. The zero-order chi connectivity index (χ0) is 16.9. The van der Waals surface area contributed by atoms with Crippen LogP contribution in [-0.2, 0) is 4.79 Å². The number of nitrogens with zero attached hydrogens (tertiary/aromatic N) is 2. The lowest BCUT2D eigenvalue weighted by atomic mass is 9.99. The number of carbonyl (C=O) groups excluding carboxylic acids is 1. The van der Waals surface area contributed by atoms with E-state index in [0.29, 0.717) is 11.6 Å². The molecule has 1 amide bonds. The Labute approximate surface area is 141 Å². The lowest BCUT2D eigenvalue weighted by Crippen LogP contribution is -2.37. The molecule has 1 aliphatic heterocycles. The van der Waals surface area contributed by atoms with Crippen molar-refractivity contribution in [3.8, 4) is 17.0 Å². The van der Waals surface area contributed by atoms with E-state index < -0.39 is 0 Å². The van der Waals surface area contributed by atoms with Crippen molar-refractivity contribution in [2.45, 2.75) is 19.8 Å². The van der Waals surface area contributed by atoms with Crippen molar-refractivity contribution in [2.75, 3.05) is 25.5 Å². The maximum atomic E-state index is 12.4. The molecular formula is C18H22N4O2.